The molecule has 2 aromatic carbocycles. The third-order valence-electron chi connectivity index (χ3n) is 5.05. The maximum atomic E-state index is 12.7. The number of carbonyl (C=O) groups is 1. The SMILES string of the molecule is Cc1nc2nsc(/N=N/c3cc(C(=O)N(C)C)c(O)c4cccc(NS(C)(=O)=O)c34)c2cc1C#N. The van der Waals surface area contributed by atoms with E-state index >= 15 is 0 Å². The Morgan fingerprint density at radius 1 is 1.23 bits per heavy atom. The molecule has 0 unspecified atom stereocenters. The number of nitrogens with zero attached hydrogens (tertiary/aromatic N) is 6. The lowest BCUT2D eigenvalue weighted by molar-refractivity contribution is 0.0825. The quantitative estimate of drug-likeness (QED) is 0.381. The molecule has 2 heterocycles. The number of carbonyl (C=O) groups excluding carboxylic acids is 1. The average Bonchev–Trinajstić information content (AvgIpc) is 3.18. The van der Waals surface area contributed by atoms with E-state index in [0.29, 0.717) is 27.3 Å². The van der Waals surface area contributed by atoms with E-state index in [1.165, 1.54) is 17.0 Å². The second-order valence-electron chi connectivity index (χ2n) is 7.89. The van der Waals surface area contributed by atoms with Gasteiger partial charge in [-0.05, 0) is 36.7 Å². The first-order chi connectivity index (χ1) is 16.5. The second-order valence-corrected chi connectivity index (χ2v) is 10.4. The Balaban J connectivity index is 1.97. The van der Waals surface area contributed by atoms with Crippen LogP contribution in [-0.4, -0.2) is 54.0 Å². The third kappa shape index (κ3) is 4.61. The van der Waals surface area contributed by atoms with Crippen LogP contribution in [0.2, 0.25) is 0 Å². The van der Waals surface area contributed by atoms with Crippen molar-refractivity contribution in [1.29, 1.82) is 5.26 Å². The molecule has 0 saturated carbocycles. The molecule has 2 N–H and O–H groups in total. The van der Waals surface area contributed by atoms with Crippen LogP contribution in [0.25, 0.3) is 21.8 Å². The Morgan fingerprint density at radius 3 is 2.63 bits per heavy atom. The molecule has 4 rings (SSSR count). The first kappa shape index (κ1) is 24.0. The van der Waals surface area contributed by atoms with Gasteiger partial charge >= 0.3 is 0 Å². The average molecular weight is 510 g/mol. The van der Waals surface area contributed by atoms with Crippen LogP contribution >= 0.6 is 11.5 Å². The van der Waals surface area contributed by atoms with Gasteiger partial charge in [-0.2, -0.15) is 9.64 Å². The van der Waals surface area contributed by atoms with Crippen molar-refractivity contribution in [3.63, 3.8) is 0 Å². The number of phenolic OH excluding ortho intramolecular Hbond substituents is 1. The number of rotatable bonds is 5. The van der Waals surface area contributed by atoms with Gasteiger partial charge in [-0.1, -0.05) is 12.1 Å². The molecule has 35 heavy (non-hydrogen) atoms. The third-order valence-corrected chi connectivity index (χ3v) is 6.38. The summed E-state index contributed by atoms with van der Waals surface area (Å²) in [6.07, 6.45) is 1.00. The number of pyridine rings is 1. The monoisotopic (exact) mass is 509 g/mol. The largest absolute Gasteiger partial charge is 0.506 e. The van der Waals surface area contributed by atoms with Gasteiger partial charge < -0.3 is 10.0 Å². The molecule has 0 saturated heterocycles. The van der Waals surface area contributed by atoms with Crippen molar-refractivity contribution in [3.05, 3.63) is 47.2 Å². The number of aryl methyl sites for hydroxylation is 1. The molecule has 178 valence electrons. The number of nitriles is 1. The summed E-state index contributed by atoms with van der Waals surface area (Å²) in [4.78, 5) is 18.3. The zero-order chi connectivity index (χ0) is 25.5. The van der Waals surface area contributed by atoms with Crippen LogP contribution in [0, 0.1) is 18.3 Å². The van der Waals surface area contributed by atoms with E-state index in [1.807, 2.05) is 0 Å². The van der Waals surface area contributed by atoms with Gasteiger partial charge in [-0.25, -0.2) is 13.4 Å². The van der Waals surface area contributed by atoms with Crippen molar-refractivity contribution < 1.29 is 18.3 Å². The number of nitrogens with one attached hydrogen (secondary N) is 1. The highest BCUT2D eigenvalue weighted by molar-refractivity contribution is 7.92. The van der Waals surface area contributed by atoms with Crippen LogP contribution < -0.4 is 4.72 Å². The number of anilines is 1. The fraction of sp³-hybridized carbons (Fsp3) is 0.182. The van der Waals surface area contributed by atoms with Crippen molar-refractivity contribution >= 4 is 65.6 Å². The number of fused-ring (bicyclic) bond motifs is 2. The summed E-state index contributed by atoms with van der Waals surface area (Å²) >= 11 is 1.03. The summed E-state index contributed by atoms with van der Waals surface area (Å²) in [7, 11) is -0.579. The van der Waals surface area contributed by atoms with Crippen molar-refractivity contribution in [2.24, 2.45) is 10.2 Å². The molecule has 2 aromatic heterocycles. The minimum atomic E-state index is -3.66. The van der Waals surface area contributed by atoms with Gasteiger partial charge in [0.05, 0.1) is 39.8 Å². The maximum Gasteiger partial charge on any atom is 0.257 e. The standard InChI is InChI=1S/C22H19N7O4S2/c1-11-12(10-23)8-15-20(24-11)27-34-21(15)26-25-17-9-14(22(31)29(2)3)19(30)13-6-5-7-16(18(13)17)28-35(4,32)33/h5-9,28,30H,1-4H3/b26-25+. The van der Waals surface area contributed by atoms with E-state index in [-0.39, 0.29) is 33.5 Å². The molecule has 0 aliphatic rings. The predicted octanol–water partition coefficient (Wildman–Crippen LogP) is 4.22. The number of azo groups is 1. The zero-order valence-electron chi connectivity index (χ0n) is 19.1. The van der Waals surface area contributed by atoms with Crippen LogP contribution in [0.4, 0.5) is 16.4 Å². The van der Waals surface area contributed by atoms with Crippen LogP contribution in [0.15, 0.2) is 40.6 Å². The number of aromatic nitrogens is 2. The molecule has 0 aliphatic heterocycles. The smallest absolute Gasteiger partial charge is 0.257 e. The molecule has 0 radical (unpaired) electrons. The van der Waals surface area contributed by atoms with Crippen molar-refractivity contribution in [2.45, 2.75) is 6.92 Å². The van der Waals surface area contributed by atoms with Crippen molar-refractivity contribution in [2.75, 3.05) is 25.1 Å². The molecule has 4 aromatic rings. The van der Waals surface area contributed by atoms with Gasteiger partial charge in [-0.15, -0.1) is 10.2 Å². The lowest BCUT2D eigenvalue weighted by Gasteiger charge is -2.16. The molecule has 0 atom stereocenters. The number of phenols is 1. The number of aromatic hydroxyl groups is 1. The topological polar surface area (TPSA) is 161 Å². The van der Waals surface area contributed by atoms with Gasteiger partial charge in [-0.3, -0.25) is 9.52 Å². The summed E-state index contributed by atoms with van der Waals surface area (Å²) < 4.78 is 30.6. The maximum absolute atomic E-state index is 12.7. The molecule has 11 nitrogen and oxygen atoms in total. The lowest BCUT2D eigenvalue weighted by atomic mass is 10.0. The molecule has 0 bridgehead atoms. The van der Waals surface area contributed by atoms with Gasteiger partial charge in [0, 0.05) is 24.9 Å². The summed E-state index contributed by atoms with van der Waals surface area (Å²) in [6.45, 7) is 1.71. The number of sulfonamides is 1. The van der Waals surface area contributed by atoms with Crippen molar-refractivity contribution in [3.8, 4) is 11.8 Å². The number of benzene rings is 2. The summed E-state index contributed by atoms with van der Waals surface area (Å²) in [5.74, 6) is -0.778. The predicted molar refractivity (Wildman–Crippen MR) is 133 cm³/mol. The van der Waals surface area contributed by atoms with Crippen LogP contribution in [0.5, 0.6) is 5.75 Å². The molecule has 1 amide bonds. The van der Waals surface area contributed by atoms with Gasteiger partial charge in [0.15, 0.2) is 10.6 Å². The second kappa shape index (κ2) is 8.90. The summed E-state index contributed by atoms with van der Waals surface area (Å²) in [6, 6.07) is 9.67. The minimum Gasteiger partial charge on any atom is -0.506 e. The summed E-state index contributed by atoms with van der Waals surface area (Å²) in [5.41, 5.74) is 1.63. The Labute approximate surface area is 204 Å². The van der Waals surface area contributed by atoms with E-state index in [2.05, 4.69) is 30.4 Å². The Bertz CT molecular complexity index is 1690. The lowest BCUT2D eigenvalue weighted by Crippen LogP contribution is -2.21. The molecule has 13 heteroatoms. The first-order valence-electron chi connectivity index (χ1n) is 10.1. The van der Waals surface area contributed by atoms with E-state index in [4.69, 9.17) is 0 Å². The fourth-order valence-electron chi connectivity index (χ4n) is 3.46. The van der Waals surface area contributed by atoms with Crippen LogP contribution in [0.3, 0.4) is 0 Å². The fourth-order valence-corrected chi connectivity index (χ4v) is 4.66. The minimum absolute atomic E-state index is 0.0221. The molecule has 0 spiro atoms. The molecular weight excluding hydrogens is 490 g/mol. The Hall–Kier alpha value is -4.15. The molecular formula is C22H19N7O4S2. The van der Waals surface area contributed by atoms with E-state index in [0.717, 1.165) is 17.8 Å². The Kier molecular flexibility index (Phi) is 6.10. The van der Waals surface area contributed by atoms with Gasteiger partial charge in [0.2, 0.25) is 10.0 Å². The zero-order valence-corrected chi connectivity index (χ0v) is 20.7. The number of hydrogen-bond acceptors (Lipinski definition) is 10. The van der Waals surface area contributed by atoms with Gasteiger partial charge in [0.25, 0.3) is 5.91 Å². The number of amides is 1. The summed E-state index contributed by atoms with van der Waals surface area (Å²) in [5, 5.41) is 30.2. The highest BCUT2D eigenvalue weighted by Gasteiger charge is 2.21. The van der Waals surface area contributed by atoms with E-state index in [9.17, 15) is 23.6 Å². The van der Waals surface area contributed by atoms with Gasteiger partial charge in [0.1, 0.15) is 11.8 Å². The van der Waals surface area contributed by atoms with E-state index in [1.54, 1.807) is 39.2 Å². The normalized spacial score (nSPS) is 11.7. The van der Waals surface area contributed by atoms with Crippen molar-refractivity contribution in [1.82, 2.24) is 14.3 Å². The first-order valence-corrected chi connectivity index (χ1v) is 12.7. The van der Waals surface area contributed by atoms with E-state index < -0.39 is 15.9 Å². The molecule has 0 aliphatic carbocycles. The Morgan fingerprint density at radius 2 is 1.97 bits per heavy atom. The number of hydrogen-bond donors (Lipinski definition) is 2. The molecule has 0 fully saturated rings. The van der Waals surface area contributed by atoms with Crippen LogP contribution in [0.1, 0.15) is 21.6 Å². The highest BCUT2D eigenvalue weighted by Crippen LogP contribution is 2.42. The van der Waals surface area contributed by atoms with Crippen LogP contribution in [-0.2, 0) is 10.0 Å². The highest BCUT2D eigenvalue weighted by atomic mass is 32.2.